The minimum Gasteiger partial charge on any atom is -0.507 e. The van der Waals surface area contributed by atoms with Crippen LogP contribution in [0.3, 0.4) is 0 Å². The van der Waals surface area contributed by atoms with Crippen molar-refractivity contribution in [1.29, 1.82) is 0 Å². The van der Waals surface area contributed by atoms with Crippen molar-refractivity contribution in [1.82, 2.24) is 9.88 Å². The van der Waals surface area contributed by atoms with Crippen LogP contribution in [0.25, 0.3) is 5.76 Å². The van der Waals surface area contributed by atoms with Gasteiger partial charge in [0, 0.05) is 18.3 Å². The number of likely N-dealkylation sites (tertiary alicyclic amines) is 1. The molecular weight excluding hydrogens is 392 g/mol. The van der Waals surface area contributed by atoms with E-state index in [4.69, 9.17) is 4.74 Å². The number of amides is 1. The van der Waals surface area contributed by atoms with Gasteiger partial charge in [0.1, 0.15) is 17.6 Å². The molecule has 0 bridgehead atoms. The molecule has 0 saturated carbocycles. The molecule has 31 heavy (non-hydrogen) atoms. The van der Waals surface area contributed by atoms with Crippen molar-refractivity contribution in [2.45, 2.75) is 46.1 Å². The van der Waals surface area contributed by atoms with E-state index in [1.165, 1.54) is 4.90 Å². The van der Waals surface area contributed by atoms with Crippen molar-refractivity contribution in [3.05, 3.63) is 65.5 Å². The Kier molecular flexibility index (Phi) is 7.45. The predicted octanol–water partition coefficient (Wildman–Crippen LogP) is 4.73. The molecule has 1 aromatic carbocycles. The number of ether oxygens (including phenoxy) is 1. The van der Waals surface area contributed by atoms with E-state index in [1.54, 1.807) is 42.6 Å². The zero-order valence-corrected chi connectivity index (χ0v) is 18.4. The fraction of sp³-hybridized carbons (Fsp3) is 0.400. The number of unbranched alkanes of at least 4 members (excludes halogenated alkanes) is 2. The normalized spacial score (nSPS) is 18.1. The smallest absolute Gasteiger partial charge is 0.295 e. The van der Waals surface area contributed by atoms with Crippen molar-refractivity contribution < 1.29 is 19.4 Å². The largest absolute Gasteiger partial charge is 0.507 e. The average molecular weight is 423 g/mol. The fourth-order valence-corrected chi connectivity index (χ4v) is 3.64. The molecule has 1 N–H and O–H groups in total. The lowest BCUT2D eigenvalue weighted by molar-refractivity contribution is -0.140. The summed E-state index contributed by atoms with van der Waals surface area (Å²) in [6.45, 7) is 7.17. The fourth-order valence-electron chi connectivity index (χ4n) is 3.64. The second-order valence-electron chi connectivity index (χ2n) is 8.19. The van der Waals surface area contributed by atoms with Crippen LogP contribution in [-0.2, 0) is 9.59 Å². The van der Waals surface area contributed by atoms with Crippen LogP contribution in [-0.4, -0.2) is 39.8 Å². The maximum Gasteiger partial charge on any atom is 0.295 e. The molecule has 1 aliphatic heterocycles. The molecule has 0 spiro atoms. The standard InChI is InChI=1S/C25H30N2O4/c1-4-5-8-14-27-22(20-12-6-7-13-26-20)21(24(29)25(27)30)23(28)18-10-9-11-19(15-18)31-16-17(2)3/h6-7,9-13,15,17,22,28H,4-5,8,14,16H2,1-3H3/b23-21-. The number of nitrogens with zero attached hydrogens (tertiary/aromatic N) is 2. The zero-order valence-electron chi connectivity index (χ0n) is 18.4. The SMILES string of the molecule is CCCCCN1C(=O)C(=O)/C(=C(\O)c2cccc(OCC(C)C)c2)C1c1ccccn1. The van der Waals surface area contributed by atoms with E-state index in [0.29, 0.717) is 36.1 Å². The third kappa shape index (κ3) is 5.13. The highest BCUT2D eigenvalue weighted by atomic mass is 16.5. The Bertz CT molecular complexity index is 953. The van der Waals surface area contributed by atoms with Gasteiger partial charge >= 0.3 is 0 Å². The van der Waals surface area contributed by atoms with Crippen molar-refractivity contribution in [3.8, 4) is 5.75 Å². The summed E-state index contributed by atoms with van der Waals surface area (Å²) in [5.74, 6) is -0.528. The van der Waals surface area contributed by atoms with E-state index in [0.717, 1.165) is 19.3 Å². The summed E-state index contributed by atoms with van der Waals surface area (Å²) >= 11 is 0. The van der Waals surface area contributed by atoms with Gasteiger partial charge in [-0.05, 0) is 36.6 Å². The first-order valence-corrected chi connectivity index (χ1v) is 10.9. The molecule has 1 atom stereocenters. The topological polar surface area (TPSA) is 79.7 Å². The van der Waals surface area contributed by atoms with Crippen LogP contribution in [0.4, 0.5) is 0 Å². The summed E-state index contributed by atoms with van der Waals surface area (Å²) in [6.07, 6.45) is 4.36. The van der Waals surface area contributed by atoms with Gasteiger partial charge in [-0.15, -0.1) is 0 Å². The maximum absolute atomic E-state index is 13.0. The monoisotopic (exact) mass is 422 g/mol. The molecule has 0 aliphatic carbocycles. The Labute approximate surface area is 183 Å². The number of benzene rings is 1. The summed E-state index contributed by atoms with van der Waals surface area (Å²) < 4.78 is 5.76. The minimum absolute atomic E-state index is 0.0706. The van der Waals surface area contributed by atoms with E-state index >= 15 is 0 Å². The molecule has 1 fully saturated rings. The molecule has 2 aromatic rings. The first-order valence-electron chi connectivity index (χ1n) is 10.9. The van der Waals surface area contributed by atoms with E-state index in [9.17, 15) is 14.7 Å². The summed E-state index contributed by atoms with van der Waals surface area (Å²) in [4.78, 5) is 31.7. The number of aliphatic hydroxyl groups excluding tert-OH is 1. The Balaban J connectivity index is 2.03. The third-order valence-corrected chi connectivity index (χ3v) is 5.20. The number of ketones is 1. The molecule has 6 nitrogen and oxygen atoms in total. The number of hydrogen-bond donors (Lipinski definition) is 1. The van der Waals surface area contributed by atoms with Crippen molar-refractivity contribution in [2.24, 2.45) is 5.92 Å². The second-order valence-corrected chi connectivity index (χ2v) is 8.19. The van der Waals surface area contributed by atoms with Crippen LogP contribution in [0.2, 0.25) is 0 Å². The lowest BCUT2D eigenvalue weighted by Crippen LogP contribution is -2.31. The van der Waals surface area contributed by atoms with Crippen LogP contribution in [0.15, 0.2) is 54.2 Å². The van der Waals surface area contributed by atoms with Gasteiger partial charge in [-0.1, -0.05) is 51.8 Å². The molecule has 1 aliphatic rings. The number of carbonyl (C=O) groups is 2. The first kappa shape index (κ1) is 22.5. The van der Waals surface area contributed by atoms with Crippen molar-refractivity contribution >= 4 is 17.4 Å². The Morgan fingerprint density at radius 2 is 1.97 bits per heavy atom. The summed E-state index contributed by atoms with van der Waals surface area (Å²) in [5, 5.41) is 11.1. The van der Waals surface area contributed by atoms with Gasteiger partial charge in [0.15, 0.2) is 0 Å². The van der Waals surface area contributed by atoms with Crippen LogP contribution in [0.1, 0.15) is 57.3 Å². The van der Waals surface area contributed by atoms with Gasteiger partial charge in [0.05, 0.1) is 17.9 Å². The van der Waals surface area contributed by atoms with Gasteiger partial charge in [0.2, 0.25) is 0 Å². The molecule has 6 heteroatoms. The molecule has 1 saturated heterocycles. The number of Topliss-reactive ketones (excluding diaryl/α,β-unsaturated/α-hetero) is 1. The predicted molar refractivity (Wildman–Crippen MR) is 120 cm³/mol. The third-order valence-electron chi connectivity index (χ3n) is 5.20. The lowest BCUT2D eigenvalue weighted by Gasteiger charge is -2.24. The number of hydrogen-bond acceptors (Lipinski definition) is 5. The van der Waals surface area contributed by atoms with E-state index < -0.39 is 17.7 Å². The zero-order chi connectivity index (χ0) is 22.4. The van der Waals surface area contributed by atoms with E-state index in [2.05, 4.69) is 25.8 Å². The molecule has 1 aromatic heterocycles. The highest BCUT2D eigenvalue weighted by molar-refractivity contribution is 6.46. The highest BCUT2D eigenvalue weighted by Gasteiger charge is 2.46. The minimum atomic E-state index is -0.710. The molecule has 1 unspecified atom stereocenters. The second kappa shape index (κ2) is 10.2. The van der Waals surface area contributed by atoms with Crippen molar-refractivity contribution in [2.75, 3.05) is 13.2 Å². The number of rotatable bonds is 9. The average Bonchev–Trinajstić information content (AvgIpc) is 3.03. The Morgan fingerprint density at radius 3 is 2.65 bits per heavy atom. The van der Waals surface area contributed by atoms with Gasteiger partial charge in [-0.25, -0.2) is 0 Å². The van der Waals surface area contributed by atoms with Crippen LogP contribution < -0.4 is 4.74 Å². The summed E-state index contributed by atoms with van der Waals surface area (Å²) in [6, 6.07) is 11.6. The number of aromatic nitrogens is 1. The summed E-state index contributed by atoms with van der Waals surface area (Å²) in [7, 11) is 0. The van der Waals surface area contributed by atoms with E-state index in [1.807, 2.05) is 6.07 Å². The van der Waals surface area contributed by atoms with Gasteiger partial charge < -0.3 is 14.7 Å². The van der Waals surface area contributed by atoms with Crippen LogP contribution in [0.5, 0.6) is 5.75 Å². The van der Waals surface area contributed by atoms with E-state index in [-0.39, 0.29) is 11.3 Å². The number of aliphatic hydroxyl groups is 1. The molecule has 3 rings (SSSR count). The van der Waals surface area contributed by atoms with Gasteiger partial charge in [0.25, 0.3) is 11.7 Å². The maximum atomic E-state index is 13.0. The Hall–Kier alpha value is -3.15. The molecule has 164 valence electrons. The number of carbonyl (C=O) groups excluding carboxylic acids is 2. The molecule has 2 heterocycles. The summed E-state index contributed by atoms with van der Waals surface area (Å²) in [5.41, 5.74) is 1.07. The lowest BCUT2D eigenvalue weighted by atomic mass is 9.98. The van der Waals surface area contributed by atoms with Crippen LogP contribution >= 0.6 is 0 Å². The first-order chi connectivity index (χ1) is 14.9. The molecule has 0 radical (unpaired) electrons. The molecular formula is C25H30N2O4. The number of pyridine rings is 1. The van der Waals surface area contributed by atoms with Gasteiger partial charge in [-0.3, -0.25) is 14.6 Å². The Morgan fingerprint density at radius 1 is 1.16 bits per heavy atom. The van der Waals surface area contributed by atoms with Crippen molar-refractivity contribution in [3.63, 3.8) is 0 Å². The van der Waals surface area contributed by atoms with Crippen LogP contribution in [0, 0.1) is 5.92 Å². The molecule has 1 amide bonds. The quantitative estimate of drug-likeness (QED) is 0.274. The van der Waals surface area contributed by atoms with Gasteiger partial charge in [-0.2, -0.15) is 0 Å². The highest BCUT2D eigenvalue weighted by Crippen LogP contribution is 2.39.